The second kappa shape index (κ2) is 6.04. The summed E-state index contributed by atoms with van der Waals surface area (Å²) in [6.07, 6.45) is 6.83. The third-order valence-corrected chi connectivity index (χ3v) is 3.94. The molecule has 0 spiro atoms. The van der Waals surface area contributed by atoms with Gasteiger partial charge in [0.05, 0.1) is 12.4 Å². The third-order valence-electron chi connectivity index (χ3n) is 3.94. The summed E-state index contributed by atoms with van der Waals surface area (Å²) in [7, 11) is 3.66. The number of nitrogens with zero attached hydrogens (tertiary/aromatic N) is 5. The molecule has 7 heteroatoms. The van der Waals surface area contributed by atoms with Crippen molar-refractivity contribution in [3.63, 3.8) is 0 Å². The molecule has 0 saturated heterocycles. The molecule has 0 bridgehead atoms. The van der Waals surface area contributed by atoms with E-state index in [-0.39, 0.29) is 5.91 Å². The van der Waals surface area contributed by atoms with E-state index in [0.717, 1.165) is 22.4 Å². The van der Waals surface area contributed by atoms with Crippen molar-refractivity contribution in [2.45, 2.75) is 13.5 Å². The summed E-state index contributed by atoms with van der Waals surface area (Å²) >= 11 is 0. The average Bonchev–Trinajstić information content (AvgIpc) is 3.17. The van der Waals surface area contributed by atoms with E-state index in [1.54, 1.807) is 41.4 Å². The number of carbonyl (C=O) groups is 1. The maximum absolute atomic E-state index is 12.7. The van der Waals surface area contributed by atoms with Gasteiger partial charge in [-0.15, -0.1) is 0 Å². The minimum Gasteiger partial charge on any atom is -0.336 e. The van der Waals surface area contributed by atoms with Crippen LogP contribution < -0.4 is 0 Å². The number of nitrogens with one attached hydrogen (secondary N) is 1. The SMILES string of the molecule is Cc1c(CN(C)C(=O)c2[nH]ncc2-c2ccncc2)cnn1C. The van der Waals surface area contributed by atoms with E-state index >= 15 is 0 Å². The maximum atomic E-state index is 12.7. The quantitative estimate of drug-likeness (QED) is 0.796. The van der Waals surface area contributed by atoms with Gasteiger partial charge >= 0.3 is 0 Å². The lowest BCUT2D eigenvalue weighted by atomic mass is 10.1. The maximum Gasteiger partial charge on any atom is 0.272 e. The molecular weight excluding hydrogens is 292 g/mol. The second-order valence-electron chi connectivity index (χ2n) is 5.43. The zero-order chi connectivity index (χ0) is 16.4. The first-order chi connectivity index (χ1) is 11.1. The third kappa shape index (κ3) is 2.85. The molecule has 0 saturated carbocycles. The average molecular weight is 310 g/mol. The van der Waals surface area contributed by atoms with E-state index in [2.05, 4.69) is 20.3 Å². The molecule has 1 N–H and O–H groups in total. The lowest BCUT2D eigenvalue weighted by Crippen LogP contribution is -2.27. The Morgan fingerprint density at radius 2 is 2.04 bits per heavy atom. The van der Waals surface area contributed by atoms with E-state index < -0.39 is 0 Å². The molecule has 0 unspecified atom stereocenters. The van der Waals surface area contributed by atoms with Crippen molar-refractivity contribution in [1.29, 1.82) is 0 Å². The first-order valence-electron chi connectivity index (χ1n) is 7.24. The molecule has 3 rings (SSSR count). The zero-order valence-corrected chi connectivity index (χ0v) is 13.3. The van der Waals surface area contributed by atoms with Gasteiger partial charge in [0, 0.05) is 49.9 Å². The summed E-state index contributed by atoms with van der Waals surface area (Å²) in [5.41, 5.74) is 4.22. The van der Waals surface area contributed by atoms with Gasteiger partial charge in [-0.3, -0.25) is 19.6 Å². The van der Waals surface area contributed by atoms with Crippen LogP contribution in [-0.4, -0.2) is 42.8 Å². The topological polar surface area (TPSA) is 79.7 Å². The number of hydrogen-bond acceptors (Lipinski definition) is 4. The van der Waals surface area contributed by atoms with Gasteiger partial charge in [-0.2, -0.15) is 10.2 Å². The summed E-state index contributed by atoms with van der Waals surface area (Å²) in [6, 6.07) is 3.71. The fraction of sp³-hybridized carbons (Fsp3) is 0.250. The normalized spacial score (nSPS) is 10.7. The highest BCUT2D eigenvalue weighted by atomic mass is 16.2. The van der Waals surface area contributed by atoms with E-state index in [4.69, 9.17) is 0 Å². The van der Waals surface area contributed by atoms with Crippen molar-refractivity contribution in [3.05, 3.63) is 53.9 Å². The van der Waals surface area contributed by atoms with E-state index in [0.29, 0.717) is 12.2 Å². The molecule has 23 heavy (non-hydrogen) atoms. The number of pyridine rings is 1. The largest absolute Gasteiger partial charge is 0.336 e. The summed E-state index contributed by atoms with van der Waals surface area (Å²) in [5.74, 6) is -0.113. The molecule has 0 aliphatic carbocycles. The van der Waals surface area contributed by atoms with Crippen LogP contribution in [0.2, 0.25) is 0 Å². The number of aromatic nitrogens is 5. The van der Waals surface area contributed by atoms with Crippen LogP contribution in [-0.2, 0) is 13.6 Å². The Labute approximate surface area is 134 Å². The Bertz CT molecular complexity index is 820. The number of H-pyrrole nitrogens is 1. The van der Waals surface area contributed by atoms with Gasteiger partial charge in [0.25, 0.3) is 5.91 Å². The molecule has 118 valence electrons. The fourth-order valence-electron chi connectivity index (χ4n) is 2.42. The van der Waals surface area contributed by atoms with Crippen molar-refractivity contribution in [2.24, 2.45) is 7.05 Å². The first-order valence-corrected chi connectivity index (χ1v) is 7.24. The van der Waals surface area contributed by atoms with Crippen LogP contribution in [0.1, 0.15) is 21.7 Å². The van der Waals surface area contributed by atoms with E-state index in [9.17, 15) is 4.79 Å². The Morgan fingerprint density at radius 3 is 2.70 bits per heavy atom. The van der Waals surface area contributed by atoms with Crippen LogP contribution in [0.25, 0.3) is 11.1 Å². The second-order valence-corrected chi connectivity index (χ2v) is 5.43. The Hall–Kier alpha value is -2.96. The number of aryl methyl sites for hydroxylation is 1. The number of rotatable bonds is 4. The molecule has 0 aliphatic heterocycles. The van der Waals surface area contributed by atoms with Crippen molar-refractivity contribution in [2.75, 3.05) is 7.05 Å². The highest BCUT2D eigenvalue weighted by Gasteiger charge is 2.20. The molecule has 0 aliphatic rings. The Morgan fingerprint density at radius 1 is 1.30 bits per heavy atom. The fourth-order valence-corrected chi connectivity index (χ4v) is 2.42. The van der Waals surface area contributed by atoms with E-state index in [1.165, 1.54) is 0 Å². The molecule has 0 radical (unpaired) electrons. The lowest BCUT2D eigenvalue weighted by molar-refractivity contribution is 0.0780. The molecule has 0 atom stereocenters. The zero-order valence-electron chi connectivity index (χ0n) is 13.3. The molecule has 3 aromatic rings. The van der Waals surface area contributed by atoms with Gasteiger partial charge in [0.15, 0.2) is 0 Å². The molecule has 0 aromatic carbocycles. The number of aromatic amines is 1. The van der Waals surface area contributed by atoms with Gasteiger partial charge in [0.1, 0.15) is 5.69 Å². The number of carbonyl (C=O) groups excluding carboxylic acids is 1. The van der Waals surface area contributed by atoms with Crippen molar-refractivity contribution >= 4 is 5.91 Å². The van der Waals surface area contributed by atoms with Gasteiger partial charge < -0.3 is 4.90 Å². The molecule has 7 nitrogen and oxygen atoms in total. The standard InChI is InChI=1S/C16H18N6O/c1-11-13(8-19-22(11)3)10-21(2)16(23)15-14(9-18-20-15)12-4-6-17-7-5-12/h4-9H,10H2,1-3H3,(H,18,20). The van der Waals surface area contributed by atoms with Crippen molar-refractivity contribution in [3.8, 4) is 11.1 Å². The van der Waals surface area contributed by atoms with Crippen LogP contribution in [0.3, 0.4) is 0 Å². The predicted octanol–water partition coefficient (Wildman–Crippen LogP) is 1.79. The molecule has 3 heterocycles. The van der Waals surface area contributed by atoms with Crippen molar-refractivity contribution in [1.82, 2.24) is 29.9 Å². The smallest absolute Gasteiger partial charge is 0.272 e. The van der Waals surface area contributed by atoms with Crippen LogP contribution in [0.4, 0.5) is 0 Å². The van der Waals surface area contributed by atoms with Crippen LogP contribution in [0.15, 0.2) is 36.9 Å². The van der Waals surface area contributed by atoms with Crippen LogP contribution in [0.5, 0.6) is 0 Å². The van der Waals surface area contributed by atoms with Gasteiger partial charge in [-0.05, 0) is 24.6 Å². The highest BCUT2D eigenvalue weighted by molar-refractivity contribution is 5.98. The molecule has 1 amide bonds. The molecule has 3 aromatic heterocycles. The summed E-state index contributed by atoms with van der Waals surface area (Å²) in [5, 5.41) is 11.0. The summed E-state index contributed by atoms with van der Waals surface area (Å²) in [6.45, 7) is 2.48. The minimum atomic E-state index is -0.113. The van der Waals surface area contributed by atoms with Gasteiger partial charge in [0.2, 0.25) is 0 Å². The van der Waals surface area contributed by atoms with Crippen LogP contribution in [0, 0.1) is 6.92 Å². The van der Waals surface area contributed by atoms with Gasteiger partial charge in [-0.1, -0.05) is 0 Å². The molecule has 0 fully saturated rings. The monoisotopic (exact) mass is 310 g/mol. The summed E-state index contributed by atoms with van der Waals surface area (Å²) < 4.78 is 1.80. The van der Waals surface area contributed by atoms with Gasteiger partial charge in [-0.25, -0.2) is 0 Å². The number of amides is 1. The van der Waals surface area contributed by atoms with E-state index in [1.807, 2.05) is 26.1 Å². The van der Waals surface area contributed by atoms with Crippen molar-refractivity contribution < 1.29 is 4.79 Å². The summed E-state index contributed by atoms with van der Waals surface area (Å²) in [4.78, 5) is 18.4. The lowest BCUT2D eigenvalue weighted by Gasteiger charge is -2.17. The Kier molecular flexibility index (Phi) is 3.92. The minimum absolute atomic E-state index is 0.113. The highest BCUT2D eigenvalue weighted by Crippen LogP contribution is 2.22. The molecular formula is C16H18N6O. The first kappa shape index (κ1) is 15.0. The van der Waals surface area contributed by atoms with Crippen LogP contribution >= 0.6 is 0 Å². The Balaban J connectivity index is 1.84. The number of hydrogen-bond donors (Lipinski definition) is 1. The predicted molar refractivity (Wildman–Crippen MR) is 85.6 cm³/mol.